The van der Waals surface area contributed by atoms with Crippen molar-refractivity contribution in [1.82, 2.24) is 20.8 Å². The number of fused-ring (bicyclic) bond motifs is 1. The summed E-state index contributed by atoms with van der Waals surface area (Å²) in [5.74, 6) is -0.932. The number of nitrogens with one attached hydrogen (secondary N) is 2. The average Bonchev–Trinajstić information content (AvgIpc) is 3.16. The minimum absolute atomic E-state index is 0.000785. The monoisotopic (exact) mass is 378 g/mol. The van der Waals surface area contributed by atoms with E-state index in [0.29, 0.717) is 6.42 Å². The molecule has 1 aliphatic rings. The molecule has 6 nitrogen and oxygen atoms in total. The van der Waals surface area contributed by atoms with Gasteiger partial charge in [-0.1, -0.05) is 30.4 Å². The lowest BCUT2D eigenvalue weighted by molar-refractivity contribution is -0.126. The van der Waals surface area contributed by atoms with Crippen molar-refractivity contribution in [2.24, 2.45) is 5.92 Å². The number of allylic oxidation sites excluding steroid dienone is 2. The van der Waals surface area contributed by atoms with E-state index in [1.165, 1.54) is 6.20 Å². The van der Waals surface area contributed by atoms with Crippen LogP contribution in [0.5, 0.6) is 0 Å². The molecule has 27 heavy (non-hydrogen) atoms. The van der Waals surface area contributed by atoms with Crippen molar-refractivity contribution in [1.29, 1.82) is 0 Å². The minimum atomic E-state index is -0.438. The number of nitrogens with zero attached hydrogens (tertiary/aromatic N) is 2. The highest BCUT2D eigenvalue weighted by Crippen LogP contribution is 2.38. The molecule has 2 amide bonds. The second-order valence-corrected chi connectivity index (χ2v) is 7.40. The third kappa shape index (κ3) is 3.73. The first kappa shape index (κ1) is 17.4. The van der Waals surface area contributed by atoms with Gasteiger partial charge < -0.3 is 0 Å². The lowest BCUT2D eigenvalue weighted by Gasteiger charge is -2.25. The van der Waals surface area contributed by atoms with Crippen LogP contribution in [-0.4, -0.2) is 21.8 Å². The smallest absolute Gasteiger partial charge is 0.273 e. The largest absolute Gasteiger partial charge is 0.288 e. The van der Waals surface area contributed by atoms with Gasteiger partial charge in [0, 0.05) is 12.1 Å². The highest BCUT2D eigenvalue weighted by Gasteiger charge is 2.32. The van der Waals surface area contributed by atoms with Gasteiger partial charge in [0.25, 0.3) is 5.91 Å². The van der Waals surface area contributed by atoms with Gasteiger partial charge in [0.2, 0.25) is 5.91 Å². The van der Waals surface area contributed by atoms with Crippen LogP contribution in [0.25, 0.3) is 10.2 Å². The van der Waals surface area contributed by atoms with Crippen LogP contribution >= 0.6 is 11.3 Å². The average molecular weight is 378 g/mol. The molecule has 3 aromatic rings. The van der Waals surface area contributed by atoms with E-state index in [9.17, 15) is 9.59 Å². The van der Waals surface area contributed by atoms with Gasteiger partial charge in [-0.2, -0.15) is 0 Å². The van der Waals surface area contributed by atoms with Gasteiger partial charge in [0.15, 0.2) is 0 Å². The summed E-state index contributed by atoms with van der Waals surface area (Å²) in [6.45, 7) is 0. The highest BCUT2D eigenvalue weighted by atomic mass is 32.1. The minimum Gasteiger partial charge on any atom is -0.273 e. The molecule has 136 valence electrons. The molecular weight excluding hydrogens is 360 g/mol. The first-order valence-electron chi connectivity index (χ1n) is 8.74. The van der Waals surface area contributed by atoms with Crippen molar-refractivity contribution in [2.75, 3.05) is 0 Å². The van der Waals surface area contributed by atoms with Crippen LogP contribution in [0.4, 0.5) is 0 Å². The Balaban J connectivity index is 1.48. The Morgan fingerprint density at radius 2 is 1.81 bits per heavy atom. The molecule has 0 spiro atoms. The standard InChI is InChI=1S/C20H18N4O2S/c25-18(23-24-19(26)16-10-5-6-12-21-16)13-7-1-2-8-14(13)20-22-15-9-3-4-11-17(15)27-20/h1-6,9-14H,7-8H2,(H,23,25)(H,24,26)/t13-,14+/m1/s1. The van der Waals surface area contributed by atoms with Crippen LogP contribution in [0.1, 0.15) is 34.3 Å². The van der Waals surface area contributed by atoms with Gasteiger partial charge in [-0.3, -0.25) is 25.4 Å². The molecule has 2 N–H and O–H groups in total. The fourth-order valence-electron chi connectivity index (χ4n) is 3.20. The molecule has 0 fully saturated rings. The maximum atomic E-state index is 12.7. The fraction of sp³-hybridized carbons (Fsp3) is 0.200. The molecule has 1 aromatic carbocycles. The topological polar surface area (TPSA) is 84.0 Å². The quantitative estimate of drug-likeness (QED) is 0.541. The maximum absolute atomic E-state index is 12.7. The van der Waals surface area contributed by atoms with Crippen molar-refractivity contribution in [2.45, 2.75) is 18.8 Å². The number of para-hydroxylation sites is 1. The Bertz CT molecular complexity index is 966. The Labute approximate surface area is 160 Å². The highest BCUT2D eigenvalue weighted by molar-refractivity contribution is 7.18. The fourth-order valence-corrected chi connectivity index (χ4v) is 4.34. The number of aromatic nitrogens is 2. The molecule has 1 aliphatic carbocycles. The third-order valence-corrected chi connectivity index (χ3v) is 5.76. The summed E-state index contributed by atoms with van der Waals surface area (Å²) in [6, 6.07) is 13.0. The molecule has 0 radical (unpaired) electrons. The van der Waals surface area contributed by atoms with Gasteiger partial charge in [-0.25, -0.2) is 4.98 Å². The molecule has 4 rings (SSSR count). The van der Waals surface area contributed by atoms with E-state index < -0.39 is 5.91 Å². The first-order valence-corrected chi connectivity index (χ1v) is 9.56. The molecule has 0 saturated carbocycles. The van der Waals surface area contributed by atoms with Crippen LogP contribution < -0.4 is 10.9 Å². The van der Waals surface area contributed by atoms with E-state index in [1.807, 2.05) is 30.3 Å². The maximum Gasteiger partial charge on any atom is 0.288 e. The number of thiazole rings is 1. The third-order valence-electron chi connectivity index (χ3n) is 4.59. The van der Waals surface area contributed by atoms with Crippen LogP contribution in [0.15, 0.2) is 60.8 Å². The predicted octanol–water partition coefficient (Wildman–Crippen LogP) is 3.20. The summed E-state index contributed by atoms with van der Waals surface area (Å²) >= 11 is 1.62. The van der Waals surface area contributed by atoms with E-state index >= 15 is 0 Å². The Morgan fingerprint density at radius 1 is 1.00 bits per heavy atom. The molecule has 0 unspecified atom stereocenters. The summed E-state index contributed by atoms with van der Waals surface area (Å²) in [4.78, 5) is 33.5. The Kier molecular flexibility index (Phi) is 4.93. The van der Waals surface area contributed by atoms with Crippen molar-refractivity contribution < 1.29 is 9.59 Å². The van der Waals surface area contributed by atoms with Gasteiger partial charge in [-0.05, 0) is 37.1 Å². The zero-order chi connectivity index (χ0) is 18.6. The number of rotatable bonds is 3. The zero-order valence-electron chi connectivity index (χ0n) is 14.5. The summed E-state index contributed by atoms with van der Waals surface area (Å²) in [6.07, 6.45) is 7.01. The second kappa shape index (κ2) is 7.67. The number of benzene rings is 1. The van der Waals surface area contributed by atoms with E-state index in [0.717, 1.165) is 21.6 Å². The molecule has 7 heteroatoms. The van der Waals surface area contributed by atoms with Crippen LogP contribution in [0.3, 0.4) is 0 Å². The number of pyridine rings is 1. The van der Waals surface area contributed by atoms with E-state index in [4.69, 9.17) is 4.98 Å². The SMILES string of the molecule is O=C(NNC(=O)[C@@H]1CC=CC[C@@H]1c1nc2ccccc2s1)c1ccccn1. The van der Waals surface area contributed by atoms with Crippen LogP contribution in [-0.2, 0) is 4.79 Å². The number of hydrazine groups is 1. The van der Waals surface area contributed by atoms with Gasteiger partial charge in [0.05, 0.1) is 21.1 Å². The summed E-state index contributed by atoms with van der Waals surface area (Å²) in [5, 5.41) is 0.955. The molecule has 2 atom stereocenters. The van der Waals surface area contributed by atoms with Crippen LogP contribution in [0, 0.1) is 5.92 Å². The van der Waals surface area contributed by atoms with Gasteiger partial charge >= 0.3 is 0 Å². The molecule has 0 bridgehead atoms. The molecule has 2 heterocycles. The van der Waals surface area contributed by atoms with Crippen molar-refractivity contribution in [3.05, 3.63) is 71.5 Å². The van der Waals surface area contributed by atoms with Crippen molar-refractivity contribution >= 4 is 33.4 Å². The second-order valence-electron chi connectivity index (χ2n) is 6.33. The normalized spacial score (nSPS) is 19.0. The van der Waals surface area contributed by atoms with E-state index in [-0.39, 0.29) is 23.4 Å². The Hall–Kier alpha value is -3.06. The number of amides is 2. The zero-order valence-corrected chi connectivity index (χ0v) is 15.3. The Morgan fingerprint density at radius 3 is 2.63 bits per heavy atom. The molecule has 0 aliphatic heterocycles. The molecule has 2 aromatic heterocycles. The number of carbonyl (C=O) groups excluding carboxylic acids is 2. The molecular formula is C20H18N4O2S. The summed E-state index contributed by atoms with van der Waals surface area (Å²) < 4.78 is 1.12. The lowest BCUT2D eigenvalue weighted by atomic mass is 9.83. The number of hydrogen-bond donors (Lipinski definition) is 2. The summed E-state index contributed by atoms with van der Waals surface area (Å²) in [7, 11) is 0. The van der Waals surface area contributed by atoms with Gasteiger partial charge in [-0.15, -0.1) is 11.3 Å². The van der Waals surface area contributed by atoms with E-state index in [1.54, 1.807) is 29.5 Å². The molecule has 0 saturated heterocycles. The van der Waals surface area contributed by atoms with Crippen molar-refractivity contribution in [3.63, 3.8) is 0 Å². The summed E-state index contributed by atoms with van der Waals surface area (Å²) in [5.41, 5.74) is 6.21. The van der Waals surface area contributed by atoms with Gasteiger partial charge in [0.1, 0.15) is 5.69 Å². The lowest BCUT2D eigenvalue weighted by Crippen LogP contribution is -2.46. The van der Waals surface area contributed by atoms with Crippen LogP contribution in [0.2, 0.25) is 0 Å². The first-order chi connectivity index (χ1) is 13.2. The van der Waals surface area contributed by atoms with E-state index in [2.05, 4.69) is 21.9 Å². The predicted molar refractivity (Wildman–Crippen MR) is 104 cm³/mol. The number of hydrogen-bond acceptors (Lipinski definition) is 5. The van der Waals surface area contributed by atoms with Crippen molar-refractivity contribution in [3.8, 4) is 0 Å². The number of carbonyl (C=O) groups is 2.